The van der Waals surface area contributed by atoms with Crippen molar-refractivity contribution in [3.8, 4) is 11.3 Å². The van der Waals surface area contributed by atoms with Gasteiger partial charge in [-0.3, -0.25) is 0 Å². The van der Waals surface area contributed by atoms with E-state index in [1.54, 1.807) is 6.07 Å². The minimum absolute atomic E-state index is 0.614. The van der Waals surface area contributed by atoms with Gasteiger partial charge < -0.3 is 4.98 Å². The Bertz CT molecular complexity index is 764. The molecule has 0 fully saturated rings. The fourth-order valence-corrected chi connectivity index (χ4v) is 2.84. The molecule has 1 aromatic heterocycles. The molecule has 0 unspecified atom stereocenters. The van der Waals surface area contributed by atoms with Crippen LogP contribution in [-0.2, 0) is 6.42 Å². The van der Waals surface area contributed by atoms with Crippen LogP contribution in [0.1, 0.15) is 17.1 Å². The van der Waals surface area contributed by atoms with Gasteiger partial charge in [0.25, 0.3) is 0 Å². The Kier molecular flexibility index (Phi) is 4.00. The molecule has 21 heavy (non-hydrogen) atoms. The Morgan fingerprint density at radius 3 is 2.52 bits per heavy atom. The van der Waals surface area contributed by atoms with Crippen LogP contribution < -0.4 is 0 Å². The highest BCUT2D eigenvalue weighted by Crippen LogP contribution is 2.31. The summed E-state index contributed by atoms with van der Waals surface area (Å²) in [4.78, 5) is 8.01. The maximum absolute atomic E-state index is 6.27. The molecular weight excluding hydrogens is 303 g/mol. The van der Waals surface area contributed by atoms with Gasteiger partial charge >= 0.3 is 0 Å². The van der Waals surface area contributed by atoms with Crippen LogP contribution >= 0.6 is 23.2 Å². The number of imidazole rings is 1. The molecule has 0 bridgehead atoms. The maximum atomic E-state index is 6.27. The number of benzene rings is 2. The number of H-pyrrole nitrogens is 1. The first kappa shape index (κ1) is 14.2. The van der Waals surface area contributed by atoms with E-state index in [0.29, 0.717) is 10.0 Å². The predicted molar refractivity (Wildman–Crippen MR) is 88.0 cm³/mol. The van der Waals surface area contributed by atoms with E-state index >= 15 is 0 Å². The van der Waals surface area contributed by atoms with Crippen LogP contribution in [0.3, 0.4) is 0 Å². The van der Waals surface area contributed by atoms with E-state index in [4.69, 9.17) is 23.2 Å². The van der Waals surface area contributed by atoms with Crippen LogP contribution in [-0.4, -0.2) is 9.97 Å². The molecule has 0 amide bonds. The molecule has 106 valence electrons. The Hall–Kier alpha value is -1.77. The highest BCUT2D eigenvalue weighted by Gasteiger charge is 2.12. The van der Waals surface area contributed by atoms with Gasteiger partial charge in [-0.1, -0.05) is 53.5 Å². The number of hydrogen-bond acceptors (Lipinski definition) is 1. The van der Waals surface area contributed by atoms with Crippen LogP contribution in [0, 0.1) is 6.92 Å². The van der Waals surface area contributed by atoms with Gasteiger partial charge in [0, 0.05) is 22.7 Å². The number of nitrogens with zero attached hydrogens (tertiary/aromatic N) is 1. The van der Waals surface area contributed by atoms with Crippen molar-refractivity contribution in [2.24, 2.45) is 0 Å². The lowest BCUT2D eigenvalue weighted by Crippen LogP contribution is -1.90. The van der Waals surface area contributed by atoms with Crippen LogP contribution in [0.4, 0.5) is 0 Å². The molecule has 1 heterocycles. The van der Waals surface area contributed by atoms with Crippen LogP contribution in [0.5, 0.6) is 0 Å². The van der Waals surface area contributed by atoms with Crippen molar-refractivity contribution in [3.05, 3.63) is 75.7 Å². The molecule has 0 atom stereocenters. The molecule has 1 N–H and O–H groups in total. The fourth-order valence-electron chi connectivity index (χ4n) is 2.34. The van der Waals surface area contributed by atoms with Gasteiger partial charge in [0.2, 0.25) is 0 Å². The van der Waals surface area contributed by atoms with Gasteiger partial charge in [-0.15, -0.1) is 0 Å². The number of aryl methyl sites for hydroxylation is 1. The summed E-state index contributed by atoms with van der Waals surface area (Å²) in [6.07, 6.45) is 0.771. The third kappa shape index (κ3) is 3.12. The molecule has 0 radical (unpaired) electrons. The SMILES string of the molecule is Cc1[nH]c(Cc2ccccc2)nc1-c1ccc(Cl)cc1Cl. The van der Waals surface area contributed by atoms with Crippen molar-refractivity contribution < 1.29 is 0 Å². The van der Waals surface area contributed by atoms with Crippen LogP contribution in [0.25, 0.3) is 11.3 Å². The number of hydrogen-bond donors (Lipinski definition) is 1. The first-order valence-electron chi connectivity index (χ1n) is 6.68. The lowest BCUT2D eigenvalue weighted by atomic mass is 10.1. The molecular formula is C17H14Cl2N2. The molecule has 4 heteroatoms. The van der Waals surface area contributed by atoms with E-state index in [9.17, 15) is 0 Å². The Labute approximate surface area is 133 Å². The van der Waals surface area contributed by atoms with Crippen molar-refractivity contribution in [1.82, 2.24) is 9.97 Å². The number of halogens is 2. The quantitative estimate of drug-likeness (QED) is 0.699. The summed E-state index contributed by atoms with van der Waals surface area (Å²) < 4.78 is 0. The second-order valence-corrected chi connectivity index (χ2v) is 5.79. The Morgan fingerprint density at radius 2 is 1.81 bits per heavy atom. The van der Waals surface area contributed by atoms with Gasteiger partial charge in [0.1, 0.15) is 5.82 Å². The maximum Gasteiger partial charge on any atom is 0.111 e. The fraction of sp³-hybridized carbons (Fsp3) is 0.118. The topological polar surface area (TPSA) is 28.7 Å². The predicted octanol–water partition coefficient (Wildman–Crippen LogP) is 5.28. The van der Waals surface area contributed by atoms with Crippen molar-refractivity contribution in [1.29, 1.82) is 0 Å². The van der Waals surface area contributed by atoms with E-state index in [2.05, 4.69) is 22.1 Å². The zero-order valence-corrected chi connectivity index (χ0v) is 13.0. The molecule has 0 spiro atoms. The average molecular weight is 317 g/mol. The van der Waals surface area contributed by atoms with Gasteiger partial charge in [0.05, 0.1) is 10.7 Å². The van der Waals surface area contributed by atoms with E-state index < -0.39 is 0 Å². The minimum atomic E-state index is 0.614. The van der Waals surface area contributed by atoms with E-state index in [-0.39, 0.29) is 0 Å². The lowest BCUT2D eigenvalue weighted by molar-refractivity contribution is 1.02. The summed E-state index contributed by atoms with van der Waals surface area (Å²) in [5, 5.41) is 1.24. The normalized spacial score (nSPS) is 10.8. The van der Waals surface area contributed by atoms with Crippen molar-refractivity contribution in [2.45, 2.75) is 13.3 Å². The number of aromatic amines is 1. The zero-order chi connectivity index (χ0) is 14.8. The minimum Gasteiger partial charge on any atom is -0.345 e. The number of rotatable bonds is 3. The summed E-state index contributed by atoms with van der Waals surface area (Å²) in [6, 6.07) is 15.7. The largest absolute Gasteiger partial charge is 0.345 e. The van der Waals surface area contributed by atoms with E-state index in [1.807, 2.05) is 37.3 Å². The highest BCUT2D eigenvalue weighted by atomic mass is 35.5. The van der Waals surface area contributed by atoms with Crippen LogP contribution in [0.15, 0.2) is 48.5 Å². The van der Waals surface area contributed by atoms with Crippen LogP contribution in [0.2, 0.25) is 10.0 Å². The third-order valence-corrected chi connectivity index (χ3v) is 3.88. The molecule has 0 aliphatic heterocycles. The number of aromatic nitrogens is 2. The summed E-state index contributed by atoms with van der Waals surface area (Å²) >= 11 is 12.2. The standard InChI is InChI=1S/C17H14Cl2N2/c1-11-17(14-8-7-13(18)10-15(14)19)21-16(20-11)9-12-5-3-2-4-6-12/h2-8,10H,9H2,1H3,(H,20,21). The lowest BCUT2D eigenvalue weighted by Gasteiger charge is -2.02. The van der Waals surface area contributed by atoms with E-state index in [1.165, 1.54) is 5.56 Å². The Morgan fingerprint density at radius 1 is 1.05 bits per heavy atom. The monoisotopic (exact) mass is 316 g/mol. The molecule has 0 saturated carbocycles. The highest BCUT2D eigenvalue weighted by molar-refractivity contribution is 6.36. The molecule has 3 rings (SSSR count). The summed E-state index contributed by atoms with van der Waals surface area (Å²) in [5.74, 6) is 0.930. The second-order valence-electron chi connectivity index (χ2n) is 4.94. The number of nitrogens with one attached hydrogen (secondary N) is 1. The van der Waals surface area contributed by atoms with Gasteiger partial charge in [-0.25, -0.2) is 4.98 Å². The molecule has 2 aromatic carbocycles. The third-order valence-electron chi connectivity index (χ3n) is 3.33. The smallest absolute Gasteiger partial charge is 0.111 e. The van der Waals surface area contributed by atoms with Crippen molar-refractivity contribution in [2.75, 3.05) is 0 Å². The van der Waals surface area contributed by atoms with Crippen molar-refractivity contribution >= 4 is 23.2 Å². The summed E-state index contributed by atoms with van der Waals surface area (Å²) in [6.45, 7) is 2.00. The average Bonchev–Trinajstić information content (AvgIpc) is 2.80. The molecule has 0 saturated heterocycles. The molecule has 0 aliphatic rings. The first-order valence-corrected chi connectivity index (χ1v) is 7.44. The molecule has 0 aliphatic carbocycles. The van der Waals surface area contributed by atoms with Gasteiger partial charge in [-0.2, -0.15) is 0 Å². The second kappa shape index (κ2) is 5.92. The first-order chi connectivity index (χ1) is 10.1. The molecule has 2 nitrogen and oxygen atoms in total. The molecule has 3 aromatic rings. The van der Waals surface area contributed by atoms with Crippen molar-refractivity contribution in [3.63, 3.8) is 0 Å². The van der Waals surface area contributed by atoms with Gasteiger partial charge in [-0.05, 0) is 30.7 Å². The summed E-state index contributed by atoms with van der Waals surface area (Å²) in [7, 11) is 0. The van der Waals surface area contributed by atoms with Gasteiger partial charge in [0.15, 0.2) is 0 Å². The Balaban J connectivity index is 1.94. The zero-order valence-electron chi connectivity index (χ0n) is 11.5. The summed E-state index contributed by atoms with van der Waals surface area (Å²) in [5.41, 5.74) is 4.00. The van der Waals surface area contributed by atoms with E-state index in [0.717, 1.165) is 29.2 Å².